The predicted molar refractivity (Wildman–Crippen MR) is 71.8 cm³/mol. The van der Waals surface area contributed by atoms with Gasteiger partial charge in [-0.25, -0.2) is 4.79 Å². The zero-order chi connectivity index (χ0) is 12.7. The highest BCUT2D eigenvalue weighted by Crippen LogP contribution is 2.09. The van der Waals surface area contributed by atoms with Gasteiger partial charge < -0.3 is 10.6 Å². The average molecular weight is 252 g/mol. The van der Waals surface area contributed by atoms with Crippen LogP contribution >= 0.6 is 11.8 Å². The zero-order valence-electron chi connectivity index (χ0n) is 9.95. The van der Waals surface area contributed by atoms with Gasteiger partial charge in [0.2, 0.25) is 0 Å². The van der Waals surface area contributed by atoms with Crippen molar-refractivity contribution in [3.05, 3.63) is 29.8 Å². The molecule has 0 aliphatic heterocycles. The molecule has 92 valence electrons. The van der Waals surface area contributed by atoms with E-state index in [1.54, 1.807) is 36.0 Å². The third-order valence-corrected chi connectivity index (χ3v) is 2.75. The van der Waals surface area contributed by atoms with Crippen molar-refractivity contribution in [3.8, 4) is 0 Å². The molecule has 17 heavy (non-hydrogen) atoms. The van der Waals surface area contributed by atoms with Crippen molar-refractivity contribution in [1.29, 1.82) is 0 Å². The second kappa shape index (κ2) is 6.96. The summed E-state index contributed by atoms with van der Waals surface area (Å²) in [5, 5.41) is 5.43. The van der Waals surface area contributed by atoms with Crippen LogP contribution in [0.15, 0.2) is 24.3 Å². The van der Waals surface area contributed by atoms with Crippen molar-refractivity contribution in [2.45, 2.75) is 6.92 Å². The molecule has 0 spiro atoms. The summed E-state index contributed by atoms with van der Waals surface area (Å²) in [6.45, 7) is 2.15. The van der Waals surface area contributed by atoms with Crippen LogP contribution in [-0.4, -0.2) is 30.4 Å². The molecule has 2 amide bonds. The molecule has 0 saturated heterocycles. The molecule has 0 radical (unpaired) electrons. The molecule has 0 atom stereocenters. The molecular formula is C12H16N2O2S. The van der Waals surface area contributed by atoms with Gasteiger partial charge in [0.05, 0.1) is 0 Å². The molecule has 1 aromatic carbocycles. The fourth-order valence-corrected chi connectivity index (χ4v) is 1.54. The van der Waals surface area contributed by atoms with E-state index in [2.05, 4.69) is 10.6 Å². The van der Waals surface area contributed by atoms with E-state index >= 15 is 0 Å². The Morgan fingerprint density at radius 2 is 1.88 bits per heavy atom. The van der Waals surface area contributed by atoms with Gasteiger partial charge in [0.1, 0.15) is 0 Å². The number of hydrogen-bond acceptors (Lipinski definition) is 3. The van der Waals surface area contributed by atoms with Crippen LogP contribution in [0, 0.1) is 0 Å². The van der Waals surface area contributed by atoms with Crippen LogP contribution in [0.2, 0.25) is 0 Å². The monoisotopic (exact) mass is 252 g/mol. The highest BCUT2D eigenvalue weighted by Gasteiger charge is 2.02. The van der Waals surface area contributed by atoms with Crippen molar-refractivity contribution in [1.82, 2.24) is 5.32 Å². The van der Waals surface area contributed by atoms with Crippen molar-refractivity contribution in [2.24, 2.45) is 0 Å². The number of anilines is 1. The number of Topliss-reactive ketones (excluding diaryl/α,β-unsaturated/α-hetero) is 1. The van der Waals surface area contributed by atoms with Gasteiger partial charge in [0, 0.05) is 23.5 Å². The Kier molecular flexibility index (Phi) is 5.56. The van der Waals surface area contributed by atoms with Gasteiger partial charge in [-0.2, -0.15) is 11.8 Å². The topological polar surface area (TPSA) is 58.2 Å². The van der Waals surface area contributed by atoms with E-state index in [-0.39, 0.29) is 11.8 Å². The van der Waals surface area contributed by atoms with Crippen molar-refractivity contribution in [3.63, 3.8) is 0 Å². The Labute approximate surface area is 105 Å². The first-order valence-electron chi connectivity index (χ1n) is 5.28. The summed E-state index contributed by atoms with van der Waals surface area (Å²) in [7, 11) is 0. The van der Waals surface area contributed by atoms with Crippen molar-refractivity contribution in [2.75, 3.05) is 23.9 Å². The molecule has 2 N–H and O–H groups in total. The van der Waals surface area contributed by atoms with E-state index < -0.39 is 0 Å². The van der Waals surface area contributed by atoms with Gasteiger partial charge in [0.15, 0.2) is 5.78 Å². The number of carbonyl (C=O) groups is 2. The summed E-state index contributed by atoms with van der Waals surface area (Å²) >= 11 is 1.68. The number of hydrogen-bond donors (Lipinski definition) is 2. The van der Waals surface area contributed by atoms with Crippen LogP contribution in [0.5, 0.6) is 0 Å². The second-order valence-corrected chi connectivity index (χ2v) is 4.49. The Morgan fingerprint density at radius 3 is 2.41 bits per heavy atom. The minimum Gasteiger partial charge on any atom is -0.337 e. The standard InChI is InChI=1S/C12H16N2O2S/c1-9(15)10-3-5-11(6-4-10)14-12(16)13-7-8-17-2/h3-6H,7-8H2,1-2H3,(H2,13,14,16). The van der Waals surface area contributed by atoms with Crippen molar-refractivity contribution < 1.29 is 9.59 Å². The minimum absolute atomic E-state index is 0.0148. The Balaban J connectivity index is 2.46. The highest BCUT2D eigenvalue weighted by molar-refractivity contribution is 7.98. The average Bonchev–Trinajstić information content (AvgIpc) is 2.30. The largest absolute Gasteiger partial charge is 0.337 e. The second-order valence-electron chi connectivity index (χ2n) is 3.51. The van der Waals surface area contributed by atoms with Crippen LogP contribution in [0.1, 0.15) is 17.3 Å². The molecule has 0 bridgehead atoms. The smallest absolute Gasteiger partial charge is 0.319 e. The molecule has 0 saturated carbocycles. The molecule has 0 unspecified atom stereocenters. The maximum atomic E-state index is 11.4. The number of amides is 2. The van der Waals surface area contributed by atoms with Crippen molar-refractivity contribution >= 4 is 29.3 Å². The molecule has 4 nitrogen and oxygen atoms in total. The first kappa shape index (κ1) is 13.6. The van der Waals surface area contributed by atoms with E-state index in [0.717, 1.165) is 5.75 Å². The van der Waals surface area contributed by atoms with Gasteiger partial charge >= 0.3 is 6.03 Å². The lowest BCUT2D eigenvalue weighted by atomic mass is 10.1. The number of ketones is 1. The number of rotatable bonds is 5. The third-order valence-electron chi connectivity index (χ3n) is 2.14. The van der Waals surface area contributed by atoms with Crippen LogP contribution < -0.4 is 10.6 Å². The van der Waals surface area contributed by atoms with Gasteiger partial charge in [-0.15, -0.1) is 0 Å². The molecule has 1 rings (SSSR count). The first-order valence-corrected chi connectivity index (χ1v) is 6.67. The van der Waals surface area contributed by atoms with E-state index in [1.807, 2.05) is 6.26 Å². The molecule has 0 aromatic heterocycles. The number of benzene rings is 1. The summed E-state index contributed by atoms with van der Waals surface area (Å²) in [5.41, 5.74) is 1.31. The third kappa shape index (κ3) is 4.91. The molecule has 1 aromatic rings. The molecule has 0 aliphatic rings. The maximum Gasteiger partial charge on any atom is 0.319 e. The summed E-state index contributed by atoms with van der Waals surface area (Å²) in [6, 6.07) is 6.59. The van der Waals surface area contributed by atoms with E-state index in [0.29, 0.717) is 17.8 Å². The van der Waals surface area contributed by atoms with E-state index in [1.165, 1.54) is 6.92 Å². The summed E-state index contributed by atoms with van der Waals surface area (Å²) in [5.74, 6) is 0.900. The van der Waals surface area contributed by atoms with Crippen LogP contribution in [0.3, 0.4) is 0 Å². The lowest BCUT2D eigenvalue weighted by Gasteiger charge is -2.07. The summed E-state index contributed by atoms with van der Waals surface area (Å²) < 4.78 is 0. The maximum absolute atomic E-state index is 11.4. The van der Waals surface area contributed by atoms with Crippen LogP contribution in [0.25, 0.3) is 0 Å². The molecule has 0 aliphatic carbocycles. The SMILES string of the molecule is CSCCNC(=O)Nc1ccc(C(C)=O)cc1. The zero-order valence-corrected chi connectivity index (χ0v) is 10.8. The normalized spacial score (nSPS) is 9.76. The first-order chi connectivity index (χ1) is 8.13. The quantitative estimate of drug-likeness (QED) is 0.625. The van der Waals surface area contributed by atoms with E-state index in [4.69, 9.17) is 0 Å². The van der Waals surface area contributed by atoms with Gasteiger partial charge in [-0.1, -0.05) is 0 Å². The van der Waals surface area contributed by atoms with Crippen LogP contribution in [0.4, 0.5) is 10.5 Å². The molecule has 5 heteroatoms. The number of thioether (sulfide) groups is 1. The lowest BCUT2D eigenvalue weighted by Crippen LogP contribution is -2.30. The fourth-order valence-electron chi connectivity index (χ4n) is 1.23. The Morgan fingerprint density at radius 1 is 1.24 bits per heavy atom. The number of urea groups is 1. The Bertz CT molecular complexity index is 390. The fraction of sp³-hybridized carbons (Fsp3) is 0.333. The predicted octanol–water partition coefficient (Wildman–Crippen LogP) is 2.37. The Hall–Kier alpha value is -1.49. The minimum atomic E-state index is -0.227. The molecule has 0 heterocycles. The van der Waals surface area contributed by atoms with Crippen LogP contribution in [-0.2, 0) is 0 Å². The number of nitrogens with one attached hydrogen (secondary N) is 2. The van der Waals surface area contributed by atoms with E-state index in [9.17, 15) is 9.59 Å². The number of carbonyl (C=O) groups excluding carboxylic acids is 2. The molecular weight excluding hydrogens is 236 g/mol. The highest BCUT2D eigenvalue weighted by atomic mass is 32.2. The summed E-state index contributed by atoms with van der Waals surface area (Å²) in [4.78, 5) is 22.5. The van der Waals surface area contributed by atoms with Gasteiger partial charge in [-0.05, 0) is 37.4 Å². The lowest BCUT2D eigenvalue weighted by molar-refractivity contribution is 0.101. The molecule has 0 fully saturated rings. The van der Waals surface area contributed by atoms with Gasteiger partial charge in [0.25, 0.3) is 0 Å². The summed E-state index contributed by atoms with van der Waals surface area (Å²) in [6.07, 6.45) is 1.99. The van der Waals surface area contributed by atoms with Gasteiger partial charge in [-0.3, -0.25) is 4.79 Å².